The van der Waals surface area contributed by atoms with Crippen molar-refractivity contribution in [3.05, 3.63) is 71.8 Å². The molecule has 0 saturated heterocycles. The van der Waals surface area contributed by atoms with E-state index in [4.69, 9.17) is 6.42 Å². The van der Waals surface area contributed by atoms with Crippen LogP contribution < -0.4 is 5.32 Å². The van der Waals surface area contributed by atoms with Crippen molar-refractivity contribution < 1.29 is 9.90 Å². The van der Waals surface area contributed by atoms with E-state index in [1.54, 1.807) is 0 Å². The quantitative estimate of drug-likeness (QED) is 0.805. The topological polar surface area (TPSA) is 49.3 Å². The van der Waals surface area contributed by atoms with Crippen molar-refractivity contribution >= 4 is 6.09 Å². The summed E-state index contributed by atoms with van der Waals surface area (Å²) in [5.74, 6) is 3.04. The Morgan fingerprint density at radius 1 is 0.960 bits per heavy atom. The highest BCUT2D eigenvalue weighted by molar-refractivity contribution is 5.68. The average molecular weight is 333 g/mol. The third-order valence-electron chi connectivity index (χ3n) is 5.40. The van der Waals surface area contributed by atoms with Gasteiger partial charge in [-0.05, 0) is 24.0 Å². The van der Waals surface area contributed by atoms with Crippen LogP contribution in [0.2, 0.25) is 0 Å². The molecular formula is C22H23NO2. The Balaban J connectivity index is 2.29. The van der Waals surface area contributed by atoms with E-state index in [2.05, 4.69) is 11.2 Å². The first-order valence-electron chi connectivity index (χ1n) is 8.74. The van der Waals surface area contributed by atoms with E-state index in [1.807, 2.05) is 60.7 Å². The highest BCUT2D eigenvalue weighted by atomic mass is 16.4. The smallest absolute Gasteiger partial charge is 0.405 e. The molecule has 0 bridgehead atoms. The first-order chi connectivity index (χ1) is 12.1. The Morgan fingerprint density at radius 2 is 1.44 bits per heavy atom. The molecule has 128 valence electrons. The SMILES string of the molecule is C#CC(c1ccccc1)(c1ccccc1)C1(NC(=O)O)CCCCC1. The molecule has 25 heavy (non-hydrogen) atoms. The predicted octanol–water partition coefficient (Wildman–Crippen LogP) is 4.58. The van der Waals surface area contributed by atoms with Crippen molar-refractivity contribution in [1.29, 1.82) is 0 Å². The van der Waals surface area contributed by atoms with Crippen molar-refractivity contribution in [1.82, 2.24) is 5.32 Å². The number of nitrogens with one attached hydrogen (secondary N) is 1. The number of hydrogen-bond acceptors (Lipinski definition) is 1. The third-order valence-corrected chi connectivity index (χ3v) is 5.40. The second-order valence-corrected chi connectivity index (χ2v) is 6.70. The van der Waals surface area contributed by atoms with Crippen LogP contribution in [-0.2, 0) is 5.41 Å². The Labute approximate surface area is 149 Å². The van der Waals surface area contributed by atoms with Crippen molar-refractivity contribution in [3.63, 3.8) is 0 Å². The highest BCUT2D eigenvalue weighted by Crippen LogP contribution is 2.48. The number of amides is 1. The van der Waals surface area contributed by atoms with Gasteiger partial charge < -0.3 is 10.4 Å². The molecule has 1 fully saturated rings. The predicted molar refractivity (Wildman–Crippen MR) is 99.5 cm³/mol. The summed E-state index contributed by atoms with van der Waals surface area (Å²) in [7, 11) is 0. The van der Waals surface area contributed by atoms with Crippen LogP contribution in [0.25, 0.3) is 0 Å². The number of carboxylic acid groups (broad SMARTS) is 1. The standard InChI is InChI=1S/C22H23NO2/c1-2-22(18-12-6-3-7-13-18,19-14-8-4-9-15-19)21(23-20(24)25)16-10-5-11-17-21/h1,3-4,6-9,12-15,23H,5,10-11,16-17H2,(H,24,25). The van der Waals surface area contributed by atoms with Crippen molar-refractivity contribution in [2.45, 2.75) is 43.1 Å². The molecule has 2 aromatic carbocycles. The Kier molecular flexibility index (Phi) is 4.81. The lowest BCUT2D eigenvalue weighted by Gasteiger charge is -2.50. The minimum Gasteiger partial charge on any atom is -0.465 e. The van der Waals surface area contributed by atoms with E-state index >= 15 is 0 Å². The summed E-state index contributed by atoms with van der Waals surface area (Å²) in [4.78, 5) is 11.7. The summed E-state index contributed by atoms with van der Waals surface area (Å²) in [5, 5.41) is 12.5. The molecule has 2 N–H and O–H groups in total. The molecule has 1 amide bonds. The van der Waals surface area contributed by atoms with Crippen LogP contribution >= 0.6 is 0 Å². The molecule has 0 unspecified atom stereocenters. The average Bonchev–Trinajstić information content (AvgIpc) is 2.65. The van der Waals surface area contributed by atoms with Gasteiger partial charge in [-0.2, -0.15) is 0 Å². The number of rotatable bonds is 4. The van der Waals surface area contributed by atoms with E-state index in [-0.39, 0.29) is 0 Å². The minimum absolute atomic E-state index is 0.714. The normalized spacial score (nSPS) is 16.6. The Hall–Kier alpha value is -2.73. The van der Waals surface area contributed by atoms with Crippen LogP contribution in [-0.4, -0.2) is 16.7 Å². The van der Waals surface area contributed by atoms with Gasteiger partial charge in [-0.3, -0.25) is 0 Å². The zero-order valence-corrected chi connectivity index (χ0v) is 14.2. The lowest BCUT2D eigenvalue weighted by atomic mass is 9.57. The molecule has 3 heteroatoms. The number of terminal acetylenes is 1. The summed E-state index contributed by atoms with van der Waals surface area (Å²) >= 11 is 0. The van der Waals surface area contributed by atoms with Crippen molar-refractivity contribution in [3.8, 4) is 12.3 Å². The first-order valence-corrected chi connectivity index (χ1v) is 8.74. The number of carbonyl (C=O) groups is 1. The Bertz CT molecular complexity index is 716. The summed E-state index contributed by atoms with van der Waals surface area (Å²) in [6, 6.07) is 19.8. The second-order valence-electron chi connectivity index (χ2n) is 6.70. The fraction of sp³-hybridized carbons (Fsp3) is 0.318. The van der Waals surface area contributed by atoms with E-state index in [1.165, 1.54) is 0 Å². The van der Waals surface area contributed by atoms with E-state index in [0.717, 1.165) is 43.2 Å². The minimum atomic E-state index is -1.02. The fourth-order valence-corrected chi connectivity index (χ4v) is 4.35. The fourth-order valence-electron chi connectivity index (χ4n) is 4.35. The van der Waals surface area contributed by atoms with Crippen molar-refractivity contribution in [2.75, 3.05) is 0 Å². The maximum Gasteiger partial charge on any atom is 0.405 e. The lowest BCUT2D eigenvalue weighted by molar-refractivity contribution is 0.139. The van der Waals surface area contributed by atoms with E-state index in [0.29, 0.717) is 0 Å². The van der Waals surface area contributed by atoms with Crippen LogP contribution in [0.3, 0.4) is 0 Å². The van der Waals surface area contributed by atoms with Crippen LogP contribution in [0.4, 0.5) is 4.79 Å². The molecule has 1 aliphatic carbocycles. The molecular weight excluding hydrogens is 310 g/mol. The molecule has 0 radical (unpaired) electrons. The molecule has 0 aliphatic heterocycles. The van der Waals surface area contributed by atoms with E-state index in [9.17, 15) is 9.90 Å². The third kappa shape index (κ3) is 2.89. The monoisotopic (exact) mass is 333 g/mol. The van der Waals surface area contributed by atoms with Crippen LogP contribution in [0.15, 0.2) is 60.7 Å². The van der Waals surface area contributed by atoms with Gasteiger partial charge in [0.15, 0.2) is 0 Å². The van der Waals surface area contributed by atoms with Crippen LogP contribution in [0, 0.1) is 12.3 Å². The van der Waals surface area contributed by atoms with E-state index < -0.39 is 17.0 Å². The molecule has 0 spiro atoms. The number of benzene rings is 2. The highest BCUT2D eigenvalue weighted by Gasteiger charge is 2.54. The van der Waals surface area contributed by atoms with Gasteiger partial charge in [-0.25, -0.2) is 4.79 Å². The molecule has 2 aromatic rings. The van der Waals surface area contributed by atoms with Crippen molar-refractivity contribution in [2.24, 2.45) is 0 Å². The van der Waals surface area contributed by atoms with Gasteiger partial charge in [0.2, 0.25) is 0 Å². The first kappa shape index (κ1) is 17.1. The molecule has 3 nitrogen and oxygen atoms in total. The maximum absolute atomic E-state index is 11.7. The zero-order valence-electron chi connectivity index (χ0n) is 14.2. The molecule has 0 heterocycles. The van der Waals surface area contributed by atoms with Crippen LogP contribution in [0.5, 0.6) is 0 Å². The molecule has 1 aliphatic rings. The lowest BCUT2D eigenvalue weighted by Crippen LogP contribution is -2.63. The summed E-state index contributed by atoms with van der Waals surface area (Å²) in [6.07, 6.45) is 9.65. The summed E-state index contributed by atoms with van der Waals surface area (Å²) in [5.41, 5.74) is 0.363. The van der Waals surface area contributed by atoms with Crippen LogP contribution in [0.1, 0.15) is 43.2 Å². The molecule has 0 atom stereocenters. The van der Waals surface area contributed by atoms with Gasteiger partial charge in [0.1, 0.15) is 5.41 Å². The summed E-state index contributed by atoms with van der Waals surface area (Å²) in [6.45, 7) is 0. The van der Waals surface area contributed by atoms with Gasteiger partial charge in [-0.1, -0.05) is 85.8 Å². The Morgan fingerprint density at radius 3 is 1.84 bits per heavy atom. The maximum atomic E-state index is 11.7. The second kappa shape index (κ2) is 7.03. The molecule has 3 rings (SSSR count). The van der Waals surface area contributed by atoms with Gasteiger partial charge in [0, 0.05) is 0 Å². The van der Waals surface area contributed by atoms with Gasteiger partial charge in [0.25, 0.3) is 0 Å². The number of hydrogen-bond donors (Lipinski definition) is 2. The largest absolute Gasteiger partial charge is 0.465 e. The van der Waals surface area contributed by atoms with Gasteiger partial charge in [-0.15, -0.1) is 6.42 Å². The van der Waals surface area contributed by atoms with Gasteiger partial charge >= 0.3 is 6.09 Å². The molecule has 1 saturated carbocycles. The summed E-state index contributed by atoms with van der Waals surface area (Å²) < 4.78 is 0. The molecule has 0 aromatic heterocycles. The zero-order chi connectivity index (χ0) is 17.8. The van der Waals surface area contributed by atoms with Gasteiger partial charge in [0.05, 0.1) is 5.54 Å².